The van der Waals surface area contributed by atoms with Gasteiger partial charge in [-0.3, -0.25) is 0 Å². The van der Waals surface area contributed by atoms with Gasteiger partial charge in [-0.2, -0.15) is 0 Å². The number of aryl methyl sites for hydroxylation is 1. The molecule has 0 heterocycles. The number of carbonyl (C=O) groups is 1. The molecule has 1 amide bonds. The molecule has 2 aromatic rings. The van der Waals surface area contributed by atoms with E-state index in [1.54, 1.807) is 6.07 Å². The zero-order valence-electron chi connectivity index (χ0n) is 12.6. The Hall–Kier alpha value is -0.912. The second-order valence-corrected chi connectivity index (χ2v) is 8.77. The molecule has 1 radical (unpaired) electrons. The van der Waals surface area contributed by atoms with E-state index in [0.717, 1.165) is 4.35 Å². The summed E-state index contributed by atoms with van der Waals surface area (Å²) in [4.78, 5) is 12.3. The van der Waals surface area contributed by atoms with Gasteiger partial charge in [0.05, 0.1) is 0 Å². The first-order valence-electron chi connectivity index (χ1n) is 7.18. The van der Waals surface area contributed by atoms with Crippen molar-refractivity contribution < 1.29 is 14.3 Å². The third-order valence-electron chi connectivity index (χ3n) is 3.22. The second-order valence-electron chi connectivity index (χ2n) is 5.04. The molecule has 0 spiro atoms. The monoisotopic (exact) mass is 488 g/mol. The van der Waals surface area contributed by atoms with Crippen molar-refractivity contribution in [3.05, 3.63) is 56.9 Å². The van der Waals surface area contributed by atoms with Crippen molar-refractivity contribution in [2.24, 2.45) is 0 Å². The molecule has 23 heavy (non-hydrogen) atoms. The Morgan fingerprint density at radius 1 is 1.26 bits per heavy atom. The van der Waals surface area contributed by atoms with Gasteiger partial charge in [0.1, 0.15) is 0 Å². The molecule has 0 saturated heterocycles. The van der Waals surface area contributed by atoms with E-state index in [9.17, 15) is 9.18 Å². The quantitative estimate of drug-likeness (QED) is 0.368. The molecule has 2 rings (SSSR count). The summed E-state index contributed by atoms with van der Waals surface area (Å²) in [6.45, 7) is 2.45. The maximum absolute atomic E-state index is 13.6. The number of hydrogen-bond acceptors (Lipinski definition) is 2. The molecule has 0 aliphatic heterocycles. The van der Waals surface area contributed by atoms with Gasteiger partial charge in [0.15, 0.2) is 0 Å². The van der Waals surface area contributed by atoms with Gasteiger partial charge in [-0.1, -0.05) is 0 Å². The van der Waals surface area contributed by atoms with Crippen LogP contribution in [-0.2, 0) is 0 Å². The number of hydrogen-bond donors (Lipinski definition) is 2. The van der Waals surface area contributed by atoms with Gasteiger partial charge in [0.25, 0.3) is 0 Å². The predicted molar refractivity (Wildman–Crippen MR) is 99.4 cm³/mol. The molecule has 0 aliphatic carbocycles. The fourth-order valence-corrected chi connectivity index (χ4v) is 4.96. The van der Waals surface area contributed by atoms with Crippen LogP contribution in [0, 0.1) is 16.3 Å². The zero-order valence-corrected chi connectivity index (χ0v) is 16.7. The van der Waals surface area contributed by atoms with E-state index in [1.807, 2.05) is 6.07 Å². The summed E-state index contributed by atoms with van der Waals surface area (Å²) in [5.41, 5.74) is 1.58. The molecule has 0 bridgehead atoms. The molecule has 0 saturated carbocycles. The first-order valence-corrected chi connectivity index (χ1v) is 10.1. The third kappa shape index (κ3) is 5.30. The number of benzene rings is 2. The molecular weight excluding hydrogens is 471 g/mol. The van der Waals surface area contributed by atoms with Gasteiger partial charge >= 0.3 is 156 Å². The number of aliphatic hydroxyl groups is 1. The normalized spacial score (nSPS) is 11.1. The summed E-state index contributed by atoms with van der Waals surface area (Å²) in [7, 11) is 0. The van der Waals surface area contributed by atoms with Crippen LogP contribution >= 0.6 is 22.6 Å². The number of halogens is 2. The van der Waals surface area contributed by atoms with E-state index in [0.29, 0.717) is 18.5 Å². The van der Waals surface area contributed by atoms with Crippen molar-refractivity contribution in [2.45, 2.75) is 13.3 Å². The number of carbonyl (C=O) groups excluding carboxylic acids is 1. The molecule has 0 unspecified atom stereocenters. The molecule has 0 aliphatic rings. The van der Waals surface area contributed by atoms with Crippen molar-refractivity contribution in [1.82, 2.24) is 5.32 Å². The first kappa shape index (κ1) is 18.4. The number of aliphatic hydroxyl groups excluding tert-OH is 1. The van der Waals surface area contributed by atoms with Crippen molar-refractivity contribution in [2.75, 3.05) is 13.2 Å². The summed E-state index contributed by atoms with van der Waals surface area (Å²) in [6, 6.07) is 10.6. The Kier molecular flexibility index (Phi) is 7.05. The number of nitrogens with one attached hydrogen (secondary N) is 1. The van der Waals surface area contributed by atoms with E-state index in [4.69, 9.17) is 5.11 Å². The molecule has 2 N–H and O–H groups in total. The van der Waals surface area contributed by atoms with Gasteiger partial charge in [0, 0.05) is 0 Å². The Morgan fingerprint density at radius 2 is 2.00 bits per heavy atom. The van der Waals surface area contributed by atoms with Crippen LogP contribution in [0.5, 0.6) is 0 Å². The molecule has 0 aromatic heterocycles. The maximum atomic E-state index is 13.6. The van der Waals surface area contributed by atoms with Gasteiger partial charge in [-0.15, -0.1) is 0 Å². The standard InChI is InChI=1S/C17H17AsFINO2/c1-11-9-13(20)4-6-15(11)18-16-5-3-12(19)10-14(16)17(23)21-7-2-8-22/h3-6,9-10,22H,2,7-8H2,1H3,(H,21,23). The zero-order chi connectivity index (χ0) is 16.8. The van der Waals surface area contributed by atoms with Gasteiger partial charge in [0.2, 0.25) is 0 Å². The van der Waals surface area contributed by atoms with Crippen LogP contribution in [0.2, 0.25) is 0 Å². The van der Waals surface area contributed by atoms with Crippen molar-refractivity contribution >= 4 is 53.0 Å². The molecule has 121 valence electrons. The average Bonchev–Trinajstić information content (AvgIpc) is 2.51. The van der Waals surface area contributed by atoms with Crippen LogP contribution in [0.25, 0.3) is 0 Å². The van der Waals surface area contributed by atoms with Crippen molar-refractivity contribution in [3.8, 4) is 0 Å². The van der Waals surface area contributed by atoms with E-state index in [-0.39, 0.29) is 12.5 Å². The Balaban J connectivity index is 2.26. The first-order chi connectivity index (χ1) is 11.0. The third-order valence-corrected chi connectivity index (χ3v) is 6.78. The van der Waals surface area contributed by atoms with Crippen LogP contribution in [-0.4, -0.2) is 39.9 Å². The molecule has 0 fully saturated rings. The molecule has 0 atom stereocenters. The predicted octanol–water partition coefficient (Wildman–Crippen LogP) is 1.51. The van der Waals surface area contributed by atoms with Gasteiger partial charge < -0.3 is 0 Å². The topological polar surface area (TPSA) is 49.3 Å². The van der Waals surface area contributed by atoms with E-state index >= 15 is 0 Å². The van der Waals surface area contributed by atoms with Crippen molar-refractivity contribution in [3.63, 3.8) is 0 Å². The molecule has 6 heteroatoms. The fraction of sp³-hybridized carbons (Fsp3) is 0.235. The Bertz CT molecular complexity index is 709. The van der Waals surface area contributed by atoms with Crippen LogP contribution in [0.15, 0.2) is 36.4 Å². The summed E-state index contributed by atoms with van der Waals surface area (Å²) < 4.78 is 16.8. The summed E-state index contributed by atoms with van der Waals surface area (Å²) in [5.74, 6) is -0.701. The number of rotatable bonds is 6. The molecular formula is C17H17AsFINO2. The van der Waals surface area contributed by atoms with Crippen molar-refractivity contribution in [1.29, 1.82) is 0 Å². The SMILES string of the molecule is Cc1cc(I)ccc1[As]c1ccc(F)cc1C(=O)NCCCO. The fourth-order valence-electron chi connectivity index (χ4n) is 2.04. The van der Waals surface area contributed by atoms with Crippen LogP contribution < -0.4 is 14.0 Å². The summed E-state index contributed by atoms with van der Waals surface area (Å²) in [6.07, 6.45) is 0.486. The van der Waals surface area contributed by atoms with Gasteiger partial charge in [-0.05, 0) is 0 Å². The van der Waals surface area contributed by atoms with Crippen LogP contribution in [0.4, 0.5) is 4.39 Å². The minimum atomic E-state index is -0.415. The number of amides is 1. The van der Waals surface area contributed by atoms with E-state index in [1.165, 1.54) is 25.6 Å². The second kappa shape index (κ2) is 8.81. The summed E-state index contributed by atoms with van der Waals surface area (Å²) in [5, 5.41) is 11.5. The van der Waals surface area contributed by atoms with E-state index < -0.39 is 21.6 Å². The Labute approximate surface area is 155 Å². The van der Waals surface area contributed by atoms with E-state index in [2.05, 4.69) is 47.0 Å². The van der Waals surface area contributed by atoms with Gasteiger partial charge in [-0.25, -0.2) is 0 Å². The van der Waals surface area contributed by atoms with Crippen LogP contribution in [0.1, 0.15) is 22.3 Å². The minimum absolute atomic E-state index is 0.0179. The summed E-state index contributed by atoms with van der Waals surface area (Å²) >= 11 is 1.87. The molecule has 2 aromatic carbocycles. The van der Waals surface area contributed by atoms with Crippen LogP contribution in [0.3, 0.4) is 0 Å². The Morgan fingerprint density at radius 3 is 2.70 bits per heavy atom. The average molecular weight is 488 g/mol. The molecule has 3 nitrogen and oxygen atoms in total.